The minimum atomic E-state index is 1.04. The third kappa shape index (κ3) is 2.95. The van der Waals surface area contributed by atoms with Crippen molar-refractivity contribution in [2.24, 2.45) is 0 Å². The highest BCUT2D eigenvalue weighted by Crippen LogP contribution is 2.52. The number of benzene rings is 6. The van der Waals surface area contributed by atoms with Crippen LogP contribution in [0.5, 0.6) is 0 Å². The standard InChI is InChI=1S/C40H27N/c1-5-26-27(6-2)35-23-25(19-20-31(35)30-16-10-9-15-29(26)30)41-36(8-4)28(7-3)40-37(41)22-21-33-32-17-11-13-24-14-12-18-34(38(24)32)39(33)40/h5-23H,1-4H2. The topological polar surface area (TPSA) is 4.93 Å². The first-order valence-corrected chi connectivity index (χ1v) is 13.9. The lowest BCUT2D eigenvalue weighted by Gasteiger charge is -2.16. The van der Waals surface area contributed by atoms with Crippen LogP contribution in [-0.2, 0) is 0 Å². The van der Waals surface area contributed by atoms with Gasteiger partial charge in [0.1, 0.15) is 0 Å². The molecule has 0 amide bonds. The van der Waals surface area contributed by atoms with Gasteiger partial charge < -0.3 is 4.57 Å². The third-order valence-corrected chi connectivity index (χ3v) is 8.83. The molecule has 0 spiro atoms. The Morgan fingerprint density at radius 2 is 1.17 bits per heavy atom. The van der Waals surface area contributed by atoms with Crippen molar-refractivity contribution in [2.75, 3.05) is 0 Å². The van der Waals surface area contributed by atoms with Gasteiger partial charge in [-0.1, -0.05) is 117 Å². The lowest BCUT2D eigenvalue weighted by atomic mass is 9.91. The number of hydrogen-bond donors (Lipinski definition) is 0. The molecule has 8 rings (SSSR count). The zero-order chi connectivity index (χ0) is 27.8. The molecular formula is C40H27N. The van der Waals surface area contributed by atoms with E-state index in [1.165, 1.54) is 54.6 Å². The van der Waals surface area contributed by atoms with E-state index in [0.717, 1.165) is 39.0 Å². The molecule has 0 unspecified atom stereocenters. The molecule has 1 nitrogen and oxygen atoms in total. The smallest absolute Gasteiger partial charge is 0.0547 e. The summed E-state index contributed by atoms with van der Waals surface area (Å²) in [4.78, 5) is 0. The van der Waals surface area contributed by atoms with Gasteiger partial charge in [0.05, 0.1) is 11.2 Å². The number of aromatic nitrogens is 1. The summed E-state index contributed by atoms with van der Waals surface area (Å²) in [5.74, 6) is 0. The normalized spacial score (nSPS) is 11.8. The molecule has 1 aromatic heterocycles. The number of nitrogens with zero attached hydrogens (tertiary/aromatic N) is 1. The molecule has 0 aliphatic heterocycles. The van der Waals surface area contributed by atoms with Gasteiger partial charge in [-0.2, -0.15) is 0 Å². The molecule has 0 atom stereocenters. The highest BCUT2D eigenvalue weighted by molar-refractivity contribution is 6.23. The molecular weight excluding hydrogens is 494 g/mol. The Morgan fingerprint density at radius 3 is 1.90 bits per heavy atom. The average molecular weight is 522 g/mol. The molecule has 1 aliphatic carbocycles. The van der Waals surface area contributed by atoms with Crippen LogP contribution in [0.1, 0.15) is 22.4 Å². The van der Waals surface area contributed by atoms with Crippen molar-refractivity contribution in [1.82, 2.24) is 4.57 Å². The van der Waals surface area contributed by atoms with E-state index in [2.05, 4.69) is 122 Å². The maximum absolute atomic E-state index is 4.27. The second-order valence-electron chi connectivity index (χ2n) is 10.6. The highest BCUT2D eigenvalue weighted by atomic mass is 15.0. The molecule has 0 N–H and O–H groups in total. The molecule has 1 aliphatic rings. The minimum absolute atomic E-state index is 1.04. The molecule has 0 saturated heterocycles. The van der Waals surface area contributed by atoms with E-state index < -0.39 is 0 Å². The Hall–Kier alpha value is -5.40. The van der Waals surface area contributed by atoms with E-state index in [0.29, 0.717) is 0 Å². The first-order chi connectivity index (χ1) is 20.2. The molecule has 7 aromatic rings. The maximum atomic E-state index is 4.27. The fourth-order valence-electron chi connectivity index (χ4n) is 7.20. The van der Waals surface area contributed by atoms with Gasteiger partial charge in [0, 0.05) is 22.2 Å². The van der Waals surface area contributed by atoms with Crippen molar-refractivity contribution in [3.8, 4) is 27.9 Å². The van der Waals surface area contributed by atoms with Gasteiger partial charge in [0.25, 0.3) is 0 Å². The molecule has 41 heavy (non-hydrogen) atoms. The van der Waals surface area contributed by atoms with E-state index >= 15 is 0 Å². The summed E-state index contributed by atoms with van der Waals surface area (Å²) in [6.07, 6.45) is 7.85. The Labute approximate surface area is 239 Å². The molecule has 1 heteroatoms. The van der Waals surface area contributed by atoms with Crippen molar-refractivity contribution >= 4 is 67.5 Å². The molecule has 0 radical (unpaired) electrons. The van der Waals surface area contributed by atoms with Gasteiger partial charge in [-0.05, 0) is 84.4 Å². The van der Waals surface area contributed by atoms with E-state index in [1.54, 1.807) is 0 Å². The molecule has 0 fully saturated rings. The maximum Gasteiger partial charge on any atom is 0.0547 e. The van der Waals surface area contributed by atoms with Crippen LogP contribution in [0.25, 0.3) is 95.5 Å². The van der Waals surface area contributed by atoms with Crippen LogP contribution in [0.3, 0.4) is 0 Å². The average Bonchev–Trinajstić information content (AvgIpc) is 3.53. The largest absolute Gasteiger partial charge is 0.309 e. The Morgan fingerprint density at radius 1 is 0.488 bits per heavy atom. The van der Waals surface area contributed by atoms with Crippen molar-refractivity contribution in [1.29, 1.82) is 0 Å². The predicted octanol–water partition coefficient (Wildman–Crippen LogP) is 11.3. The SMILES string of the molecule is C=Cc1c(C=C)c2cc(-n3c(C=C)c(C=C)c4c5c(ccc43)-c3cccc4cccc-5c34)ccc2c2ccccc12. The zero-order valence-corrected chi connectivity index (χ0v) is 22.7. The van der Waals surface area contributed by atoms with Gasteiger partial charge >= 0.3 is 0 Å². The van der Waals surface area contributed by atoms with E-state index in [4.69, 9.17) is 0 Å². The zero-order valence-electron chi connectivity index (χ0n) is 22.7. The van der Waals surface area contributed by atoms with Crippen LogP contribution >= 0.6 is 0 Å². The van der Waals surface area contributed by atoms with Crippen molar-refractivity contribution in [3.05, 3.63) is 140 Å². The Kier molecular flexibility index (Phi) is 4.90. The van der Waals surface area contributed by atoms with E-state index in [1.807, 2.05) is 24.3 Å². The molecule has 0 bridgehead atoms. The van der Waals surface area contributed by atoms with Crippen LogP contribution in [0.2, 0.25) is 0 Å². The van der Waals surface area contributed by atoms with Crippen LogP contribution in [0.4, 0.5) is 0 Å². The van der Waals surface area contributed by atoms with Crippen LogP contribution < -0.4 is 0 Å². The second kappa shape index (κ2) is 8.55. The van der Waals surface area contributed by atoms with Gasteiger partial charge in [0.2, 0.25) is 0 Å². The van der Waals surface area contributed by atoms with Gasteiger partial charge in [-0.3, -0.25) is 0 Å². The fourth-order valence-corrected chi connectivity index (χ4v) is 7.20. The Balaban J connectivity index is 1.50. The molecule has 1 heterocycles. The summed E-state index contributed by atoms with van der Waals surface area (Å²) in [6, 6.07) is 33.0. The van der Waals surface area contributed by atoms with Gasteiger partial charge in [0.15, 0.2) is 0 Å². The number of hydrogen-bond acceptors (Lipinski definition) is 0. The lowest BCUT2D eigenvalue weighted by molar-refractivity contribution is 1.11. The highest BCUT2D eigenvalue weighted by Gasteiger charge is 2.27. The van der Waals surface area contributed by atoms with Crippen LogP contribution in [0, 0.1) is 0 Å². The summed E-state index contributed by atoms with van der Waals surface area (Å²) in [6.45, 7) is 16.9. The second-order valence-corrected chi connectivity index (χ2v) is 10.6. The Bertz CT molecular complexity index is 2320. The summed E-state index contributed by atoms with van der Waals surface area (Å²) in [5, 5.41) is 8.57. The van der Waals surface area contributed by atoms with Gasteiger partial charge in [-0.15, -0.1) is 0 Å². The third-order valence-electron chi connectivity index (χ3n) is 8.83. The van der Waals surface area contributed by atoms with Crippen molar-refractivity contribution in [2.45, 2.75) is 0 Å². The fraction of sp³-hybridized carbons (Fsp3) is 0. The van der Waals surface area contributed by atoms with E-state index in [-0.39, 0.29) is 0 Å². The van der Waals surface area contributed by atoms with Crippen molar-refractivity contribution in [3.63, 3.8) is 0 Å². The van der Waals surface area contributed by atoms with Crippen LogP contribution in [-0.4, -0.2) is 4.57 Å². The first-order valence-electron chi connectivity index (χ1n) is 13.9. The first kappa shape index (κ1) is 23.5. The molecule has 0 saturated carbocycles. The summed E-state index contributed by atoms with van der Waals surface area (Å²) >= 11 is 0. The van der Waals surface area contributed by atoms with Gasteiger partial charge in [-0.25, -0.2) is 0 Å². The monoisotopic (exact) mass is 521 g/mol. The lowest BCUT2D eigenvalue weighted by Crippen LogP contribution is -1.98. The molecule has 6 aromatic carbocycles. The van der Waals surface area contributed by atoms with E-state index in [9.17, 15) is 0 Å². The molecule has 192 valence electrons. The predicted molar refractivity (Wildman–Crippen MR) is 181 cm³/mol. The minimum Gasteiger partial charge on any atom is -0.309 e. The summed E-state index contributed by atoms with van der Waals surface area (Å²) in [5.41, 5.74) is 11.7. The number of fused-ring (bicyclic) bond motifs is 8. The van der Waals surface area contributed by atoms with Crippen LogP contribution in [0.15, 0.2) is 117 Å². The quantitative estimate of drug-likeness (QED) is 0.199. The van der Waals surface area contributed by atoms with Crippen molar-refractivity contribution < 1.29 is 0 Å². The summed E-state index contributed by atoms with van der Waals surface area (Å²) in [7, 11) is 0. The number of rotatable bonds is 5. The summed E-state index contributed by atoms with van der Waals surface area (Å²) < 4.78 is 2.33.